The van der Waals surface area contributed by atoms with Crippen LogP contribution in [0.25, 0.3) is 0 Å². The first kappa shape index (κ1) is 12.4. The highest BCUT2D eigenvalue weighted by atomic mass is 16.2. The fourth-order valence-electron chi connectivity index (χ4n) is 1.69. The van der Waals surface area contributed by atoms with Crippen molar-refractivity contribution in [3.63, 3.8) is 0 Å². The van der Waals surface area contributed by atoms with Crippen LogP contribution in [0.2, 0.25) is 0 Å². The van der Waals surface area contributed by atoms with Gasteiger partial charge in [-0.2, -0.15) is 0 Å². The molecule has 0 bridgehead atoms. The molecule has 0 aliphatic carbocycles. The molecular weight excluding hydrogens is 202 g/mol. The molecule has 1 rings (SSSR count). The first-order valence-corrected chi connectivity index (χ1v) is 5.30. The van der Waals surface area contributed by atoms with Crippen LogP contribution in [0.15, 0.2) is 18.2 Å². The second-order valence-electron chi connectivity index (χ2n) is 4.11. The minimum absolute atomic E-state index is 0.142. The number of amides is 1. The number of hydrogen-bond acceptors (Lipinski definition) is 2. The van der Waals surface area contributed by atoms with Crippen molar-refractivity contribution in [2.75, 3.05) is 0 Å². The van der Waals surface area contributed by atoms with E-state index in [1.165, 1.54) is 12.5 Å². The summed E-state index contributed by atoms with van der Waals surface area (Å²) in [6.45, 7) is 7.16. The van der Waals surface area contributed by atoms with Crippen LogP contribution in [0.1, 0.15) is 36.6 Å². The van der Waals surface area contributed by atoms with E-state index in [4.69, 9.17) is 0 Å². The highest BCUT2D eigenvalue weighted by Gasteiger charge is 2.14. The number of benzene rings is 1. The Morgan fingerprint density at radius 2 is 1.88 bits per heavy atom. The molecule has 0 fully saturated rings. The van der Waals surface area contributed by atoms with Crippen molar-refractivity contribution in [1.82, 2.24) is 5.32 Å². The number of Topliss-reactive ketones (excluding diaryl/α,β-unsaturated/α-hetero) is 1. The Balaban J connectivity index is 2.84. The molecule has 16 heavy (non-hydrogen) atoms. The monoisotopic (exact) mass is 219 g/mol. The average molecular weight is 219 g/mol. The lowest BCUT2D eigenvalue weighted by Crippen LogP contribution is -2.31. The molecule has 0 saturated heterocycles. The number of hydrogen-bond donors (Lipinski definition) is 1. The largest absolute Gasteiger partial charge is 0.343 e. The van der Waals surface area contributed by atoms with Gasteiger partial charge in [0.25, 0.3) is 5.91 Å². The zero-order valence-electron chi connectivity index (χ0n) is 10.1. The van der Waals surface area contributed by atoms with Gasteiger partial charge in [0.1, 0.15) is 0 Å². The van der Waals surface area contributed by atoms with Crippen molar-refractivity contribution in [2.24, 2.45) is 0 Å². The van der Waals surface area contributed by atoms with Crippen molar-refractivity contribution >= 4 is 11.7 Å². The molecule has 0 spiro atoms. The van der Waals surface area contributed by atoms with Crippen molar-refractivity contribution in [3.8, 4) is 0 Å². The smallest absolute Gasteiger partial charge is 0.287 e. The predicted octanol–water partition coefficient (Wildman–Crippen LogP) is 2.07. The van der Waals surface area contributed by atoms with E-state index < -0.39 is 11.7 Å². The minimum Gasteiger partial charge on any atom is -0.343 e. The molecule has 1 aromatic carbocycles. The summed E-state index contributed by atoms with van der Waals surface area (Å²) >= 11 is 0. The molecule has 1 atom stereocenters. The summed E-state index contributed by atoms with van der Waals surface area (Å²) in [5.41, 5.74) is 3.35. The third-order valence-electron chi connectivity index (χ3n) is 2.56. The number of nitrogens with one attached hydrogen (secondary N) is 1. The number of carbonyl (C=O) groups is 2. The van der Waals surface area contributed by atoms with Gasteiger partial charge < -0.3 is 5.32 Å². The van der Waals surface area contributed by atoms with Crippen LogP contribution in [-0.4, -0.2) is 11.7 Å². The first-order valence-electron chi connectivity index (χ1n) is 5.30. The molecule has 1 unspecified atom stereocenters. The number of rotatable bonds is 3. The van der Waals surface area contributed by atoms with E-state index in [0.717, 1.165) is 11.1 Å². The zero-order chi connectivity index (χ0) is 12.3. The van der Waals surface area contributed by atoms with E-state index in [0.29, 0.717) is 0 Å². The molecule has 0 heterocycles. The molecule has 0 aliphatic rings. The molecule has 86 valence electrons. The predicted molar refractivity (Wildman–Crippen MR) is 63.2 cm³/mol. The van der Waals surface area contributed by atoms with Gasteiger partial charge in [-0.25, -0.2) is 0 Å². The van der Waals surface area contributed by atoms with Gasteiger partial charge >= 0.3 is 0 Å². The Hall–Kier alpha value is -1.64. The van der Waals surface area contributed by atoms with E-state index >= 15 is 0 Å². The minimum atomic E-state index is -0.535. The van der Waals surface area contributed by atoms with Gasteiger partial charge in [-0.3, -0.25) is 9.59 Å². The third-order valence-corrected chi connectivity index (χ3v) is 2.56. The number of ketones is 1. The Labute approximate surface area is 95.9 Å². The molecule has 0 radical (unpaired) electrons. The number of carbonyl (C=O) groups excluding carboxylic acids is 2. The second kappa shape index (κ2) is 4.92. The molecule has 0 saturated carbocycles. The van der Waals surface area contributed by atoms with Crippen molar-refractivity contribution in [1.29, 1.82) is 0 Å². The number of aryl methyl sites for hydroxylation is 2. The highest BCUT2D eigenvalue weighted by Crippen LogP contribution is 2.18. The Kier molecular flexibility index (Phi) is 3.82. The van der Waals surface area contributed by atoms with Crippen LogP contribution in [-0.2, 0) is 9.59 Å². The van der Waals surface area contributed by atoms with E-state index in [2.05, 4.69) is 11.4 Å². The van der Waals surface area contributed by atoms with E-state index in [1.54, 1.807) is 0 Å². The zero-order valence-corrected chi connectivity index (χ0v) is 10.1. The Morgan fingerprint density at radius 3 is 2.38 bits per heavy atom. The van der Waals surface area contributed by atoms with Crippen LogP contribution in [0, 0.1) is 13.8 Å². The molecule has 0 aromatic heterocycles. The lowest BCUT2D eigenvalue weighted by Gasteiger charge is -2.16. The second-order valence-corrected chi connectivity index (χ2v) is 4.11. The third kappa shape index (κ3) is 2.92. The standard InChI is InChI=1S/C13H17NO2/c1-8-5-6-12(9(2)7-8)10(3)14-13(16)11(4)15/h5-7,10H,1-4H3,(H,14,16). The van der Waals surface area contributed by atoms with Crippen LogP contribution in [0.5, 0.6) is 0 Å². The molecule has 3 heteroatoms. The SMILES string of the molecule is CC(=O)C(=O)NC(C)c1ccc(C)cc1C. The van der Waals surface area contributed by atoms with Crippen LogP contribution in [0.4, 0.5) is 0 Å². The summed E-state index contributed by atoms with van der Waals surface area (Å²) < 4.78 is 0. The summed E-state index contributed by atoms with van der Waals surface area (Å²) in [4.78, 5) is 22.1. The summed E-state index contributed by atoms with van der Waals surface area (Å²) in [5, 5.41) is 2.67. The fraction of sp³-hybridized carbons (Fsp3) is 0.385. The molecule has 1 aromatic rings. The lowest BCUT2D eigenvalue weighted by molar-refractivity contribution is -0.137. The van der Waals surface area contributed by atoms with Gasteiger partial charge in [-0.1, -0.05) is 23.8 Å². The van der Waals surface area contributed by atoms with Gasteiger partial charge in [0, 0.05) is 6.92 Å². The summed E-state index contributed by atoms with van der Waals surface area (Å²) in [6, 6.07) is 5.90. The van der Waals surface area contributed by atoms with Crippen LogP contribution >= 0.6 is 0 Å². The average Bonchev–Trinajstić information content (AvgIpc) is 2.16. The normalized spacial score (nSPS) is 12.0. The maximum atomic E-state index is 11.2. The van der Waals surface area contributed by atoms with Crippen molar-refractivity contribution in [3.05, 3.63) is 34.9 Å². The van der Waals surface area contributed by atoms with Gasteiger partial charge in [0.15, 0.2) is 0 Å². The summed E-state index contributed by atoms with van der Waals surface area (Å²) in [5.74, 6) is -0.996. The summed E-state index contributed by atoms with van der Waals surface area (Å²) in [6.07, 6.45) is 0. The van der Waals surface area contributed by atoms with E-state index in [1.807, 2.05) is 32.9 Å². The summed E-state index contributed by atoms with van der Waals surface area (Å²) in [7, 11) is 0. The Morgan fingerprint density at radius 1 is 1.25 bits per heavy atom. The van der Waals surface area contributed by atoms with Crippen molar-refractivity contribution in [2.45, 2.75) is 33.7 Å². The molecule has 1 amide bonds. The molecular formula is C13H17NO2. The topological polar surface area (TPSA) is 46.2 Å². The highest BCUT2D eigenvalue weighted by molar-refractivity contribution is 6.35. The maximum Gasteiger partial charge on any atom is 0.287 e. The molecule has 3 nitrogen and oxygen atoms in total. The molecule has 1 N–H and O–H groups in total. The first-order chi connectivity index (χ1) is 7.41. The van der Waals surface area contributed by atoms with E-state index in [9.17, 15) is 9.59 Å². The van der Waals surface area contributed by atoms with Crippen LogP contribution < -0.4 is 5.32 Å². The maximum absolute atomic E-state index is 11.2. The lowest BCUT2D eigenvalue weighted by atomic mass is 10.0. The van der Waals surface area contributed by atoms with Gasteiger partial charge in [0.05, 0.1) is 6.04 Å². The molecule has 0 aliphatic heterocycles. The van der Waals surface area contributed by atoms with Crippen molar-refractivity contribution < 1.29 is 9.59 Å². The van der Waals surface area contributed by atoms with Gasteiger partial charge in [-0.15, -0.1) is 0 Å². The van der Waals surface area contributed by atoms with Crippen LogP contribution in [0.3, 0.4) is 0 Å². The van der Waals surface area contributed by atoms with Gasteiger partial charge in [-0.05, 0) is 31.9 Å². The Bertz CT molecular complexity index is 424. The quantitative estimate of drug-likeness (QED) is 0.791. The fourth-order valence-corrected chi connectivity index (χ4v) is 1.69. The van der Waals surface area contributed by atoms with Gasteiger partial charge in [0.2, 0.25) is 5.78 Å². The van der Waals surface area contributed by atoms with E-state index in [-0.39, 0.29) is 6.04 Å².